The second-order valence-electron chi connectivity index (χ2n) is 4.25. The van der Waals surface area contributed by atoms with Gasteiger partial charge in [0.2, 0.25) is 0 Å². The lowest BCUT2D eigenvalue weighted by molar-refractivity contribution is 0.203. The van der Waals surface area contributed by atoms with Crippen molar-refractivity contribution in [3.63, 3.8) is 0 Å². The van der Waals surface area contributed by atoms with Crippen molar-refractivity contribution in [1.29, 1.82) is 5.41 Å². The van der Waals surface area contributed by atoms with Crippen molar-refractivity contribution < 1.29 is 4.74 Å². The SMILES string of the molecule is CCC(C)N(CCOC)c1cnccc1C(=N)N. The monoisotopic (exact) mass is 250 g/mol. The smallest absolute Gasteiger partial charge is 0.125 e. The molecule has 1 atom stereocenters. The van der Waals surface area contributed by atoms with Crippen LogP contribution in [0.5, 0.6) is 0 Å². The molecule has 0 bridgehead atoms. The van der Waals surface area contributed by atoms with Gasteiger partial charge in [0.15, 0.2) is 0 Å². The van der Waals surface area contributed by atoms with Crippen molar-refractivity contribution in [2.45, 2.75) is 26.3 Å². The van der Waals surface area contributed by atoms with Crippen LogP contribution in [0.3, 0.4) is 0 Å². The van der Waals surface area contributed by atoms with E-state index in [0.717, 1.165) is 24.2 Å². The Hall–Kier alpha value is -1.62. The average Bonchev–Trinajstić information content (AvgIpc) is 2.39. The van der Waals surface area contributed by atoms with Crippen LogP contribution < -0.4 is 10.6 Å². The second kappa shape index (κ2) is 6.96. The fraction of sp³-hybridized carbons (Fsp3) is 0.538. The maximum atomic E-state index is 7.64. The van der Waals surface area contributed by atoms with Crippen molar-refractivity contribution in [1.82, 2.24) is 4.98 Å². The maximum absolute atomic E-state index is 7.64. The number of methoxy groups -OCH3 is 1. The molecule has 0 aromatic carbocycles. The predicted molar refractivity (Wildman–Crippen MR) is 74.2 cm³/mol. The first-order valence-electron chi connectivity index (χ1n) is 6.15. The third-order valence-electron chi connectivity index (χ3n) is 3.06. The van der Waals surface area contributed by atoms with Crippen LogP contribution in [0.15, 0.2) is 18.5 Å². The summed E-state index contributed by atoms with van der Waals surface area (Å²) in [7, 11) is 1.68. The van der Waals surface area contributed by atoms with Crippen molar-refractivity contribution in [2.24, 2.45) is 5.73 Å². The van der Waals surface area contributed by atoms with Gasteiger partial charge in [0.25, 0.3) is 0 Å². The summed E-state index contributed by atoms with van der Waals surface area (Å²) in [6.07, 6.45) is 4.43. The summed E-state index contributed by atoms with van der Waals surface area (Å²) < 4.78 is 5.14. The van der Waals surface area contributed by atoms with E-state index in [-0.39, 0.29) is 5.84 Å². The Morgan fingerprint density at radius 2 is 2.33 bits per heavy atom. The minimum atomic E-state index is 0.0677. The van der Waals surface area contributed by atoms with Crippen LogP contribution in [0.4, 0.5) is 5.69 Å². The first-order chi connectivity index (χ1) is 8.61. The number of nitrogens with one attached hydrogen (secondary N) is 1. The standard InChI is InChI=1S/C13H22N4O/c1-4-10(2)17(7-8-18-3)12-9-16-6-5-11(12)13(14)15/h5-6,9-10H,4,7-8H2,1-3H3,(H3,14,15). The molecule has 1 aromatic heterocycles. The number of ether oxygens (including phenoxy) is 1. The Morgan fingerprint density at radius 3 is 2.89 bits per heavy atom. The molecule has 1 unspecified atom stereocenters. The van der Waals surface area contributed by atoms with Gasteiger partial charge < -0.3 is 15.4 Å². The molecule has 0 aliphatic carbocycles. The van der Waals surface area contributed by atoms with E-state index in [4.69, 9.17) is 15.9 Å². The lowest BCUT2D eigenvalue weighted by Crippen LogP contribution is -2.37. The Morgan fingerprint density at radius 1 is 1.61 bits per heavy atom. The highest BCUT2D eigenvalue weighted by Crippen LogP contribution is 2.22. The molecule has 0 aliphatic heterocycles. The number of pyridine rings is 1. The van der Waals surface area contributed by atoms with E-state index in [0.29, 0.717) is 12.6 Å². The molecule has 0 spiro atoms. The lowest BCUT2D eigenvalue weighted by Gasteiger charge is -2.31. The number of hydrogen-bond acceptors (Lipinski definition) is 4. The largest absolute Gasteiger partial charge is 0.384 e. The highest BCUT2D eigenvalue weighted by atomic mass is 16.5. The van der Waals surface area contributed by atoms with Crippen LogP contribution in [0.1, 0.15) is 25.8 Å². The Balaban J connectivity index is 3.07. The third-order valence-corrected chi connectivity index (χ3v) is 3.06. The van der Waals surface area contributed by atoms with Crippen molar-refractivity contribution in [3.05, 3.63) is 24.0 Å². The summed E-state index contributed by atoms with van der Waals surface area (Å²) in [6, 6.07) is 2.13. The van der Waals surface area contributed by atoms with E-state index in [9.17, 15) is 0 Å². The molecule has 1 rings (SSSR count). The molecule has 1 aromatic rings. The number of rotatable bonds is 7. The number of aromatic nitrogens is 1. The Bertz CT molecular complexity index is 394. The summed E-state index contributed by atoms with van der Waals surface area (Å²) in [5.74, 6) is 0.0677. The van der Waals surface area contributed by atoms with Crippen LogP contribution in [0.2, 0.25) is 0 Å². The molecule has 0 saturated carbocycles. The zero-order chi connectivity index (χ0) is 13.5. The second-order valence-corrected chi connectivity index (χ2v) is 4.25. The van der Waals surface area contributed by atoms with Crippen molar-refractivity contribution in [2.75, 3.05) is 25.2 Å². The normalized spacial score (nSPS) is 12.2. The Labute approximate surface area is 108 Å². The summed E-state index contributed by atoms with van der Waals surface area (Å²) in [4.78, 5) is 6.33. The summed E-state index contributed by atoms with van der Waals surface area (Å²) in [5, 5.41) is 7.64. The molecule has 0 saturated heterocycles. The minimum Gasteiger partial charge on any atom is -0.384 e. The number of anilines is 1. The predicted octanol–water partition coefficient (Wildman–Crippen LogP) is 1.62. The van der Waals surface area contributed by atoms with E-state index in [2.05, 4.69) is 23.7 Å². The molecule has 0 amide bonds. The van der Waals surface area contributed by atoms with Crippen LogP contribution in [-0.2, 0) is 4.74 Å². The zero-order valence-electron chi connectivity index (χ0n) is 11.3. The topological polar surface area (TPSA) is 75.2 Å². The number of nitrogens with two attached hydrogens (primary N) is 1. The molecule has 100 valence electrons. The highest BCUT2D eigenvalue weighted by Gasteiger charge is 2.17. The van der Waals surface area contributed by atoms with Crippen LogP contribution in [0, 0.1) is 5.41 Å². The van der Waals surface area contributed by atoms with Gasteiger partial charge in [-0.15, -0.1) is 0 Å². The van der Waals surface area contributed by atoms with Crippen molar-refractivity contribution >= 4 is 11.5 Å². The third kappa shape index (κ3) is 3.43. The van der Waals surface area contributed by atoms with Gasteiger partial charge in [0.05, 0.1) is 18.5 Å². The molecule has 0 aliphatic rings. The van der Waals surface area contributed by atoms with Gasteiger partial charge in [0, 0.05) is 31.5 Å². The van der Waals surface area contributed by atoms with Gasteiger partial charge in [0.1, 0.15) is 5.84 Å². The minimum absolute atomic E-state index is 0.0677. The summed E-state index contributed by atoms with van der Waals surface area (Å²) in [6.45, 7) is 5.68. The molecule has 3 N–H and O–H groups in total. The van der Waals surface area contributed by atoms with E-state index in [1.54, 1.807) is 25.6 Å². The molecule has 5 heteroatoms. The average molecular weight is 250 g/mol. The summed E-state index contributed by atoms with van der Waals surface area (Å²) in [5.41, 5.74) is 7.24. The molecule has 5 nitrogen and oxygen atoms in total. The van der Waals surface area contributed by atoms with E-state index in [1.165, 1.54) is 0 Å². The molecule has 0 fully saturated rings. The fourth-order valence-electron chi connectivity index (χ4n) is 1.83. The first-order valence-corrected chi connectivity index (χ1v) is 6.15. The molecule has 1 heterocycles. The number of nitrogen functional groups attached to an aromatic ring is 1. The van der Waals surface area contributed by atoms with Gasteiger partial charge >= 0.3 is 0 Å². The fourth-order valence-corrected chi connectivity index (χ4v) is 1.83. The highest BCUT2D eigenvalue weighted by molar-refractivity contribution is 6.00. The maximum Gasteiger partial charge on any atom is 0.125 e. The number of hydrogen-bond donors (Lipinski definition) is 2. The van der Waals surface area contributed by atoms with Gasteiger partial charge in [-0.25, -0.2) is 0 Å². The van der Waals surface area contributed by atoms with Gasteiger partial charge in [-0.1, -0.05) is 6.92 Å². The first kappa shape index (κ1) is 14.4. The number of amidine groups is 1. The van der Waals surface area contributed by atoms with Gasteiger partial charge in [-0.2, -0.15) is 0 Å². The van der Waals surface area contributed by atoms with E-state index < -0.39 is 0 Å². The Kier molecular flexibility index (Phi) is 5.58. The zero-order valence-corrected chi connectivity index (χ0v) is 11.3. The molecular formula is C13H22N4O. The molecular weight excluding hydrogens is 228 g/mol. The van der Waals surface area contributed by atoms with Crippen LogP contribution >= 0.6 is 0 Å². The molecule has 0 radical (unpaired) electrons. The molecule has 18 heavy (non-hydrogen) atoms. The van der Waals surface area contributed by atoms with Gasteiger partial charge in [-0.3, -0.25) is 10.4 Å². The van der Waals surface area contributed by atoms with E-state index >= 15 is 0 Å². The lowest BCUT2D eigenvalue weighted by atomic mass is 10.1. The van der Waals surface area contributed by atoms with E-state index in [1.807, 2.05) is 0 Å². The summed E-state index contributed by atoms with van der Waals surface area (Å²) >= 11 is 0. The van der Waals surface area contributed by atoms with Crippen LogP contribution in [0.25, 0.3) is 0 Å². The van der Waals surface area contributed by atoms with Gasteiger partial charge in [-0.05, 0) is 19.4 Å². The van der Waals surface area contributed by atoms with Crippen molar-refractivity contribution in [3.8, 4) is 0 Å². The number of nitrogens with zero attached hydrogens (tertiary/aromatic N) is 2. The van der Waals surface area contributed by atoms with Crippen LogP contribution in [-0.4, -0.2) is 37.1 Å². The quantitative estimate of drug-likeness (QED) is 0.569.